The summed E-state index contributed by atoms with van der Waals surface area (Å²) in [6.07, 6.45) is 4.27. The smallest absolute Gasteiger partial charge is 0.230 e. The lowest BCUT2D eigenvalue weighted by Crippen LogP contribution is -2.45. The Bertz CT molecular complexity index is 729. The first-order valence-corrected chi connectivity index (χ1v) is 8.86. The van der Waals surface area contributed by atoms with Gasteiger partial charge in [-0.15, -0.1) is 5.10 Å². The summed E-state index contributed by atoms with van der Waals surface area (Å²) in [7, 11) is 0. The first-order chi connectivity index (χ1) is 12.3. The molecule has 3 heterocycles. The van der Waals surface area contributed by atoms with Gasteiger partial charge in [0.25, 0.3) is 0 Å². The van der Waals surface area contributed by atoms with Crippen LogP contribution in [0.15, 0.2) is 42.6 Å². The fourth-order valence-corrected chi connectivity index (χ4v) is 3.65. The Labute approximate surface area is 147 Å². The summed E-state index contributed by atoms with van der Waals surface area (Å²) in [6, 6.07) is 12.0. The number of nitrogens with one attached hydrogen (secondary N) is 1. The van der Waals surface area contributed by atoms with Crippen LogP contribution >= 0.6 is 0 Å². The van der Waals surface area contributed by atoms with Crippen LogP contribution in [0, 0.1) is 0 Å². The number of benzene rings is 1. The Hall–Kier alpha value is -2.63. The molecule has 0 aliphatic carbocycles. The van der Waals surface area contributed by atoms with Gasteiger partial charge in [0.05, 0.1) is 12.5 Å². The van der Waals surface area contributed by atoms with Crippen LogP contribution in [0.1, 0.15) is 30.7 Å². The van der Waals surface area contributed by atoms with Gasteiger partial charge in [0.15, 0.2) is 0 Å². The van der Waals surface area contributed by atoms with E-state index in [1.807, 2.05) is 41.3 Å². The van der Waals surface area contributed by atoms with Crippen molar-refractivity contribution in [3.8, 4) is 5.75 Å². The zero-order valence-corrected chi connectivity index (χ0v) is 14.1. The van der Waals surface area contributed by atoms with Crippen molar-refractivity contribution in [2.24, 2.45) is 0 Å². The van der Waals surface area contributed by atoms with E-state index in [1.54, 1.807) is 6.20 Å². The normalized spacial score (nSPS) is 20.5. The first-order valence-electron chi connectivity index (χ1n) is 8.86. The molecule has 1 amide bonds. The Kier molecular flexibility index (Phi) is 4.50. The monoisotopic (exact) mass is 338 g/mol. The molecule has 0 radical (unpaired) electrons. The largest absolute Gasteiger partial charge is 0.493 e. The number of carbonyl (C=O) groups excluding carboxylic acids is 1. The number of para-hydroxylation sites is 1. The molecule has 0 bridgehead atoms. The zero-order chi connectivity index (χ0) is 17.1. The highest BCUT2D eigenvalue weighted by atomic mass is 16.5. The van der Waals surface area contributed by atoms with Crippen LogP contribution in [-0.4, -0.2) is 46.7 Å². The topological polar surface area (TPSA) is 67.3 Å². The molecule has 2 aromatic rings. The number of rotatable bonds is 3. The van der Waals surface area contributed by atoms with Gasteiger partial charge in [0.1, 0.15) is 11.6 Å². The van der Waals surface area contributed by atoms with Crippen LogP contribution in [0.2, 0.25) is 0 Å². The van der Waals surface area contributed by atoms with Gasteiger partial charge in [0.2, 0.25) is 5.91 Å². The first kappa shape index (κ1) is 15.9. The third-order valence-corrected chi connectivity index (χ3v) is 4.99. The molecular weight excluding hydrogens is 316 g/mol. The van der Waals surface area contributed by atoms with Gasteiger partial charge >= 0.3 is 0 Å². The maximum absolute atomic E-state index is 13.0. The summed E-state index contributed by atoms with van der Waals surface area (Å²) >= 11 is 0. The van der Waals surface area contributed by atoms with Crippen LogP contribution in [0.4, 0.5) is 5.82 Å². The standard InChI is InChI=1S/C19H22N4O2/c24-19(16-9-13-25-17-5-2-1-4-15(16)17)23-11-7-14(8-12-23)21-18-6-3-10-20-22-18/h1-6,10,14,16H,7-9,11-13H2,(H,21,22). The Balaban J connectivity index is 1.37. The molecule has 2 aliphatic heterocycles. The average Bonchev–Trinajstić information content (AvgIpc) is 2.68. The number of piperidine rings is 1. The molecule has 1 aromatic carbocycles. The van der Waals surface area contributed by atoms with Crippen molar-refractivity contribution in [2.75, 3.05) is 25.0 Å². The number of fused-ring (bicyclic) bond motifs is 1. The quantitative estimate of drug-likeness (QED) is 0.931. The molecule has 1 atom stereocenters. The van der Waals surface area contributed by atoms with Gasteiger partial charge in [-0.25, -0.2) is 0 Å². The summed E-state index contributed by atoms with van der Waals surface area (Å²) < 4.78 is 5.68. The highest BCUT2D eigenvalue weighted by Crippen LogP contribution is 2.35. The lowest BCUT2D eigenvalue weighted by Gasteiger charge is -2.36. The van der Waals surface area contributed by atoms with E-state index in [4.69, 9.17) is 4.74 Å². The molecule has 1 unspecified atom stereocenters. The number of carbonyl (C=O) groups is 1. The van der Waals surface area contributed by atoms with Crippen molar-refractivity contribution in [3.05, 3.63) is 48.2 Å². The molecule has 2 aliphatic rings. The van der Waals surface area contributed by atoms with Gasteiger partial charge in [-0.05, 0) is 37.5 Å². The van der Waals surface area contributed by atoms with Crippen molar-refractivity contribution in [2.45, 2.75) is 31.2 Å². The molecule has 1 N–H and O–H groups in total. The molecule has 4 rings (SSSR count). The van der Waals surface area contributed by atoms with Crippen molar-refractivity contribution >= 4 is 11.7 Å². The molecular formula is C19H22N4O2. The zero-order valence-electron chi connectivity index (χ0n) is 14.1. The Morgan fingerprint density at radius 2 is 1.96 bits per heavy atom. The van der Waals surface area contributed by atoms with Crippen molar-refractivity contribution in [1.82, 2.24) is 15.1 Å². The van der Waals surface area contributed by atoms with Crippen LogP contribution in [0.3, 0.4) is 0 Å². The highest BCUT2D eigenvalue weighted by molar-refractivity contribution is 5.85. The molecule has 0 spiro atoms. The predicted molar refractivity (Wildman–Crippen MR) is 94.6 cm³/mol. The summed E-state index contributed by atoms with van der Waals surface area (Å²) in [6.45, 7) is 2.16. The summed E-state index contributed by atoms with van der Waals surface area (Å²) in [5.74, 6) is 1.81. The number of anilines is 1. The molecule has 1 aromatic heterocycles. The molecule has 25 heavy (non-hydrogen) atoms. The Morgan fingerprint density at radius 3 is 2.76 bits per heavy atom. The highest BCUT2D eigenvalue weighted by Gasteiger charge is 2.32. The van der Waals surface area contributed by atoms with E-state index in [9.17, 15) is 4.79 Å². The van der Waals surface area contributed by atoms with Crippen LogP contribution in [0.25, 0.3) is 0 Å². The van der Waals surface area contributed by atoms with E-state index in [2.05, 4.69) is 15.5 Å². The number of likely N-dealkylation sites (tertiary alicyclic amines) is 1. The predicted octanol–water partition coefficient (Wildman–Crippen LogP) is 2.45. The van der Waals surface area contributed by atoms with Crippen LogP contribution in [0.5, 0.6) is 5.75 Å². The minimum absolute atomic E-state index is 0.0746. The minimum Gasteiger partial charge on any atom is -0.493 e. The lowest BCUT2D eigenvalue weighted by molar-refractivity contribution is -0.134. The number of aromatic nitrogens is 2. The van der Waals surface area contributed by atoms with Gasteiger partial charge < -0.3 is 15.0 Å². The van der Waals surface area contributed by atoms with Crippen molar-refractivity contribution < 1.29 is 9.53 Å². The second kappa shape index (κ2) is 7.09. The van der Waals surface area contributed by atoms with Gasteiger partial charge in [-0.2, -0.15) is 5.10 Å². The number of amides is 1. The van der Waals surface area contributed by atoms with E-state index in [-0.39, 0.29) is 11.8 Å². The van der Waals surface area contributed by atoms with Gasteiger partial charge in [0, 0.05) is 30.9 Å². The van der Waals surface area contributed by atoms with E-state index in [1.165, 1.54) is 0 Å². The number of hydrogen-bond acceptors (Lipinski definition) is 5. The summed E-state index contributed by atoms with van der Waals surface area (Å²) in [5, 5.41) is 11.4. The molecule has 1 fully saturated rings. The summed E-state index contributed by atoms with van der Waals surface area (Å²) in [4.78, 5) is 15.0. The summed E-state index contributed by atoms with van der Waals surface area (Å²) in [5.41, 5.74) is 1.03. The molecule has 1 saturated heterocycles. The van der Waals surface area contributed by atoms with Crippen LogP contribution in [-0.2, 0) is 4.79 Å². The van der Waals surface area contributed by atoms with E-state index < -0.39 is 0 Å². The van der Waals surface area contributed by atoms with E-state index in [0.29, 0.717) is 12.6 Å². The maximum atomic E-state index is 13.0. The number of hydrogen-bond donors (Lipinski definition) is 1. The maximum Gasteiger partial charge on any atom is 0.230 e. The van der Waals surface area contributed by atoms with E-state index >= 15 is 0 Å². The van der Waals surface area contributed by atoms with Crippen LogP contribution < -0.4 is 10.1 Å². The van der Waals surface area contributed by atoms with Crippen molar-refractivity contribution in [3.63, 3.8) is 0 Å². The molecule has 0 saturated carbocycles. The average molecular weight is 338 g/mol. The number of nitrogens with zero attached hydrogens (tertiary/aromatic N) is 3. The fraction of sp³-hybridized carbons (Fsp3) is 0.421. The lowest BCUT2D eigenvalue weighted by atomic mass is 9.91. The third kappa shape index (κ3) is 3.43. The van der Waals surface area contributed by atoms with E-state index in [0.717, 1.165) is 49.5 Å². The molecule has 6 nitrogen and oxygen atoms in total. The molecule has 6 heteroatoms. The fourth-order valence-electron chi connectivity index (χ4n) is 3.65. The SMILES string of the molecule is O=C(C1CCOc2ccccc21)N1CCC(Nc2cccnn2)CC1. The molecule has 130 valence electrons. The Morgan fingerprint density at radius 1 is 1.12 bits per heavy atom. The van der Waals surface area contributed by atoms with Crippen molar-refractivity contribution in [1.29, 1.82) is 0 Å². The second-order valence-electron chi connectivity index (χ2n) is 6.58. The minimum atomic E-state index is -0.0746. The van der Waals surface area contributed by atoms with Gasteiger partial charge in [-0.1, -0.05) is 18.2 Å². The third-order valence-electron chi connectivity index (χ3n) is 4.99. The second-order valence-corrected chi connectivity index (χ2v) is 6.58. The number of ether oxygens (including phenoxy) is 1. The van der Waals surface area contributed by atoms with Gasteiger partial charge in [-0.3, -0.25) is 4.79 Å².